The zero-order valence-corrected chi connectivity index (χ0v) is 13.8. The van der Waals surface area contributed by atoms with Gasteiger partial charge in [0.2, 0.25) is 0 Å². The smallest absolute Gasteiger partial charge is 0.106 e. The molecular weight excluding hydrogens is 272 g/mol. The Labute approximate surface area is 129 Å². The van der Waals surface area contributed by atoms with Gasteiger partial charge in [0.1, 0.15) is 6.10 Å². The van der Waals surface area contributed by atoms with Gasteiger partial charge >= 0.3 is 0 Å². The van der Waals surface area contributed by atoms with Crippen LogP contribution in [0.5, 0.6) is 0 Å². The second kappa shape index (κ2) is 16.2. The molecular formula is C16H36O5. The molecule has 2 atom stereocenters. The van der Waals surface area contributed by atoms with Gasteiger partial charge in [-0.25, -0.2) is 0 Å². The number of unbranched alkanes of at least 4 members (excludes halogenated alkanes) is 5. The lowest BCUT2D eigenvalue weighted by molar-refractivity contribution is -0.102. The summed E-state index contributed by atoms with van der Waals surface area (Å²) in [4.78, 5) is 0. The molecule has 21 heavy (non-hydrogen) atoms. The number of rotatable bonds is 12. The summed E-state index contributed by atoms with van der Waals surface area (Å²) < 4.78 is 0. The van der Waals surface area contributed by atoms with E-state index in [0.717, 1.165) is 44.9 Å². The van der Waals surface area contributed by atoms with Crippen molar-refractivity contribution in [1.82, 2.24) is 0 Å². The maximum absolute atomic E-state index is 9.98. The van der Waals surface area contributed by atoms with Gasteiger partial charge in [-0.2, -0.15) is 0 Å². The van der Waals surface area contributed by atoms with Crippen LogP contribution in [0, 0.1) is 0 Å². The van der Waals surface area contributed by atoms with Gasteiger partial charge in [0.05, 0.1) is 12.2 Å². The third-order valence-corrected chi connectivity index (χ3v) is 3.68. The lowest BCUT2D eigenvalue weighted by atomic mass is 9.88. The van der Waals surface area contributed by atoms with Crippen molar-refractivity contribution in [2.75, 3.05) is 19.8 Å². The summed E-state index contributed by atoms with van der Waals surface area (Å²) in [5.41, 5.74) is -1.09. The van der Waals surface area contributed by atoms with Gasteiger partial charge in [-0.05, 0) is 32.1 Å². The summed E-state index contributed by atoms with van der Waals surface area (Å²) in [5, 5.41) is 44.6. The Morgan fingerprint density at radius 1 is 0.810 bits per heavy atom. The van der Waals surface area contributed by atoms with Crippen LogP contribution in [0.25, 0.3) is 0 Å². The third-order valence-electron chi connectivity index (χ3n) is 3.68. The lowest BCUT2D eigenvalue weighted by Gasteiger charge is -2.31. The molecule has 0 aliphatic heterocycles. The van der Waals surface area contributed by atoms with Crippen LogP contribution in [-0.2, 0) is 0 Å². The van der Waals surface area contributed by atoms with Crippen molar-refractivity contribution < 1.29 is 25.5 Å². The summed E-state index contributed by atoms with van der Waals surface area (Å²) in [6.07, 6.45) is 6.95. The fraction of sp³-hybridized carbons (Fsp3) is 1.00. The molecule has 0 aromatic rings. The first-order chi connectivity index (χ1) is 10.0. The molecule has 5 nitrogen and oxygen atoms in total. The van der Waals surface area contributed by atoms with Gasteiger partial charge in [-0.1, -0.05) is 39.5 Å². The molecule has 0 heterocycles. The standard InChI is InChI=1S/C11H24O3.C5H12O2/c1-3-5-6-7-8-11(14,4-2)10(13)9-12;6-4-2-1-3-5-7/h10,12-14H,3-9H2,1-2H3;6-7H,1-5H2. The van der Waals surface area contributed by atoms with E-state index in [4.69, 9.17) is 15.3 Å². The Kier molecular flexibility index (Phi) is 17.8. The molecule has 0 saturated heterocycles. The summed E-state index contributed by atoms with van der Waals surface area (Å²) in [6, 6.07) is 0. The zero-order valence-electron chi connectivity index (χ0n) is 13.8. The van der Waals surface area contributed by atoms with E-state index < -0.39 is 11.7 Å². The minimum Gasteiger partial charge on any atom is -0.396 e. The van der Waals surface area contributed by atoms with E-state index in [1.807, 2.05) is 6.92 Å². The molecule has 5 N–H and O–H groups in total. The molecule has 130 valence electrons. The van der Waals surface area contributed by atoms with Gasteiger partial charge in [0.15, 0.2) is 0 Å². The molecule has 0 aromatic heterocycles. The Morgan fingerprint density at radius 2 is 1.33 bits per heavy atom. The van der Waals surface area contributed by atoms with Gasteiger partial charge < -0.3 is 25.5 Å². The van der Waals surface area contributed by atoms with E-state index in [1.165, 1.54) is 0 Å². The van der Waals surface area contributed by atoms with Gasteiger partial charge in [0, 0.05) is 13.2 Å². The number of aliphatic hydroxyl groups excluding tert-OH is 4. The van der Waals surface area contributed by atoms with E-state index >= 15 is 0 Å². The minimum atomic E-state index is -1.09. The van der Waals surface area contributed by atoms with E-state index in [2.05, 4.69) is 6.92 Å². The predicted octanol–water partition coefficient (Wildman–Crippen LogP) is 1.59. The fourth-order valence-electron chi connectivity index (χ4n) is 2.01. The second-order valence-electron chi connectivity index (χ2n) is 5.47. The molecule has 2 unspecified atom stereocenters. The largest absolute Gasteiger partial charge is 0.396 e. The molecule has 0 aromatic carbocycles. The van der Waals surface area contributed by atoms with Gasteiger partial charge in [-0.3, -0.25) is 0 Å². The molecule has 0 aliphatic rings. The highest BCUT2D eigenvalue weighted by molar-refractivity contribution is 4.84. The van der Waals surface area contributed by atoms with Crippen LogP contribution in [0.3, 0.4) is 0 Å². The molecule has 0 saturated carbocycles. The van der Waals surface area contributed by atoms with Crippen LogP contribution in [0.1, 0.15) is 71.6 Å². The maximum atomic E-state index is 9.98. The van der Waals surface area contributed by atoms with Crippen molar-refractivity contribution in [2.45, 2.75) is 83.3 Å². The second-order valence-corrected chi connectivity index (χ2v) is 5.47. The lowest BCUT2D eigenvalue weighted by Crippen LogP contribution is -2.43. The topological polar surface area (TPSA) is 101 Å². The van der Waals surface area contributed by atoms with Gasteiger partial charge in [0.25, 0.3) is 0 Å². The quantitative estimate of drug-likeness (QED) is 0.352. The molecule has 0 amide bonds. The molecule has 0 spiro atoms. The number of aliphatic hydroxyl groups is 5. The van der Waals surface area contributed by atoms with Gasteiger partial charge in [-0.15, -0.1) is 0 Å². The fourth-order valence-corrected chi connectivity index (χ4v) is 2.01. The summed E-state index contributed by atoms with van der Waals surface area (Å²) in [6.45, 7) is 4.10. The minimum absolute atomic E-state index is 0.250. The predicted molar refractivity (Wildman–Crippen MR) is 85.1 cm³/mol. The van der Waals surface area contributed by atoms with Crippen LogP contribution in [0.4, 0.5) is 0 Å². The van der Waals surface area contributed by atoms with Crippen LogP contribution in [-0.4, -0.2) is 57.1 Å². The van der Waals surface area contributed by atoms with Crippen LogP contribution in [0.15, 0.2) is 0 Å². The Morgan fingerprint density at radius 3 is 1.71 bits per heavy atom. The number of hydrogen-bond acceptors (Lipinski definition) is 5. The van der Waals surface area contributed by atoms with Crippen molar-refractivity contribution in [3.05, 3.63) is 0 Å². The average molecular weight is 308 g/mol. The van der Waals surface area contributed by atoms with Crippen molar-refractivity contribution >= 4 is 0 Å². The summed E-state index contributed by atoms with van der Waals surface area (Å²) in [7, 11) is 0. The first kappa shape index (κ1) is 23.1. The van der Waals surface area contributed by atoms with Crippen molar-refractivity contribution in [1.29, 1.82) is 0 Å². The van der Waals surface area contributed by atoms with Crippen LogP contribution >= 0.6 is 0 Å². The first-order valence-electron chi connectivity index (χ1n) is 8.25. The van der Waals surface area contributed by atoms with Crippen molar-refractivity contribution in [3.8, 4) is 0 Å². The average Bonchev–Trinajstić information content (AvgIpc) is 2.51. The molecule has 0 radical (unpaired) electrons. The summed E-state index contributed by atoms with van der Waals surface area (Å²) >= 11 is 0. The van der Waals surface area contributed by atoms with Crippen LogP contribution < -0.4 is 0 Å². The first-order valence-corrected chi connectivity index (χ1v) is 8.25. The van der Waals surface area contributed by atoms with Crippen LogP contribution in [0.2, 0.25) is 0 Å². The van der Waals surface area contributed by atoms with Crippen molar-refractivity contribution in [2.24, 2.45) is 0 Å². The van der Waals surface area contributed by atoms with E-state index in [0.29, 0.717) is 12.8 Å². The highest BCUT2D eigenvalue weighted by atomic mass is 16.4. The van der Waals surface area contributed by atoms with E-state index in [1.54, 1.807) is 0 Å². The molecule has 0 rings (SSSR count). The molecule has 0 aliphatic carbocycles. The highest BCUT2D eigenvalue weighted by Crippen LogP contribution is 2.23. The van der Waals surface area contributed by atoms with Crippen molar-refractivity contribution in [3.63, 3.8) is 0 Å². The van der Waals surface area contributed by atoms with E-state index in [9.17, 15) is 10.2 Å². The normalized spacial score (nSPS) is 15.0. The monoisotopic (exact) mass is 308 g/mol. The van der Waals surface area contributed by atoms with E-state index in [-0.39, 0.29) is 19.8 Å². The maximum Gasteiger partial charge on any atom is 0.106 e. The Balaban J connectivity index is 0. The zero-order chi connectivity index (χ0) is 16.6. The molecule has 0 bridgehead atoms. The molecule has 5 heteroatoms. The Bertz CT molecular complexity index is 197. The third kappa shape index (κ3) is 13.2. The Hall–Kier alpha value is -0.200. The highest BCUT2D eigenvalue weighted by Gasteiger charge is 2.32. The summed E-state index contributed by atoms with van der Waals surface area (Å²) in [5.74, 6) is 0. The molecule has 0 fully saturated rings. The number of hydrogen-bond donors (Lipinski definition) is 5. The SMILES string of the molecule is CCCCCCC(O)(CC)C(O)CO.OCCCCCO.